The van der Waals surface area contributed by atoms with Gasteiger partial charge in [0.25, 0.3) is 0 Å². The Balaban J connectivity index is 2.69. The molecule has 0 fully saturated rings. The largest absolute Gasteiger partial charge is 0.481 e. The van der Waals surface area contributed by atoms with Gasteiger partial charge in [0.15, 0.2) is 0 Å². The van der Waals surface area contributed by atoms with Crippen LogP contribution >= 0.6 is 34.8 Å². The Morgan fingerprint density at radius 3 is 2.30 bits per heavy atom. The van der Waals surface area contributed by atoms with Crippen LogP contribution in [0.25, 0.3) is 11.1 Å². The molecule has 1 aromatic heterocycles. The second-order valence-electron chi connectivity index (χ2n) is 4.03. The van der Waals surface area contributed by atoms with E-state index < -0.39 is 11.5 Å². The Bertz CT molecular complexity index is 717. The van der Waals surface area contributed by atoms with Crippen LogP contribution in [0.3, 0.4) is 0 Å². The number of nitrogens with one attached hydrogen (secondary N) is 1. The number of pyridine rings is 1. The first-order chi connectivity index (χ1) is 9.38. The van der Waals surface area contributed by atoms with Crippen molar-refractivity contribution < 1.29 is 9.90 Å². The first-order valence-corrected chi connectivity index (χ1v) is 6.61. The van der Waals surface area contributed by atoms with E-state index in [1.54, 1.807) is 0 Å². The quantitative estimate of drug-likeness (QED) is 0.901. The first kappa shape index (κ1) is 14.9. The predicted octanol–water partition coefficient (Wildman–Crippen LogP) is 3.63. The van der Waals surface area contributed by atoms with Gasteiger partial charge in [-0.05, 0) is 18.2 Å². The van der Waals surface area contributed by atoms with Crippen LogP contribution in [0.2, 0.25) is 15.1 Å². The number of carbonyl (C=O) groups is 1. The standard InChI is InChI=1S/C13H8Cl3NO3/c14-6-3-8(15)13(9(16)4-6)7-1-2-11(18)17-10(7)5-12(19)20/h1-4H,5H2,(H,17,18)(H,19,20). The van der Waals surface area contributed by atoms with Gasteiger partial charge in [-0.3, -0.25) is 9.59 Å². The number of aliphatic carboxylic acids is 1. The summed E-state index contributed by atoms with van der Waals surface area (Å²) in [7, 11) is 0. The zero-order valence-electron chi connectivity index (χ0n) is 9.91. The summed E-state index contributed by atoms with van der Waals surface area (Å²) in [6, 6.07) is 5.76. The summed E-state index contributed by atoms with van der Waals surface area (Å²) in [4.78, 5) is 24.7. The van der Waals surface area contributed by atoms with Crippen molar-refractivity contribution in [3.8, 4) is 11.1 Å². The zero-order valence-corrected chi connectivity index (χ0v) is 12.2. The molecule has 0 bridgehead atoms. The molecule has 0 radical (unpaired) electrons. The Kier molecular flexibility index (Phi) is 4.38. The number of H-pyrrole nitrogens is 1. The number of aromatic amines is 1. The fourth-order valence-corrected chi connectivity index (χ4v) is 2.86. The van der Waals surface area contributed by atoms with E-state index in [0.29, 0.717) is 16.1 Å². The molecule has 104 valence electrons. The van der Waals surface area contributed by atoms with E-state index in [1.807, 2.05) is 0 Å². The summed E-state index contributed by atoms with van der Waals surface area (Å²) in [5.74, 6) is -1.07. The number of carboxylic acid groups (broad SMARTS) is 1. The fourth-order valence-electron chi connectivity index (χ4n) is 1.84. The van der Waals surface area contributed by atoms with Gasteiger partial charge in [0, 0.05) is 27.9 Å². The van der Waals surface area contributed by atoms with E-state index in [0.717, 1.165) is 0 Å². The molecule has 0 unspecified atom stereocenters. The van der Waals surface area contributed by atoms with Crippen molar-refractivity contribution in [3.63, 3.8) is 0 Å². The van der Waals surface area contributed by atoms with E-state index >= 15 is 0 Å². The molecule has 0 spiro atoms. The van der Waals surface area contributed by atoms with Crippen LogP contribution in [0.15, 0.2) is 29.1 Å². The minimum atomic E-state index is -1.07. The van der Waals surface area contributed by atoms with Gasteiger partial charge in [-0.15, -0.1) is 0 Å². The number of hydrogen-bond donors (Lipinski definition) is 2. The number of rotatable bonds is 3. The van der Waals surface area contributed by atoms with Crippen LogP contribution < -0.4 is 5.56 Å². The maximum absolute atomic E-state index is 11.3. The van der Waals surface area contributed by atoms with E-state index in [9.17, 15) is 9.59 Å². The lowest BCUT2D eigenvalue weighted by Crippen LogP contribution is -2.12. The molecule has 0 aliphatic rings. The van der Waals surface area contributed by atoms with Crippen molar-refractivity contribution in [2.75, 3.05) is 0 Å². The van der Waals surface area contributed by atoms with Crippen LogP contribution in [0.1, 0.15) is 5.69 Å². The molecule has 1 heterocycles. The first-order valence-electron chi connectivity index (χ1n) is 5.47. The lowest BCUT2D eigenvalue weighted by atomic mass is 10.0. The van der Waals surface area contributed by atoms with E-state index in [-0.39, 0.29) is 22.2 Å². The summed E-state index contributed by atoms with van der Waals surface area (Å²) in [6.07, 6.45) is -0.347. The average molecular weight is 333 g/mol. The maximum atomic E-state index is 11.3. The fraction of sp³-hybridized carbons (Fsp3) is 0.0769. The third-order valence-electron chi connectivity index (χ3n) is 2.60. The molecule has 2 N–H and O–H groups in total. The highest BCUT2D eigenvalue weighted by atomic mass is 35.5. The maximum Gasteiger partial charge on any atom is 0.309 e. The van der Waals surface area contributed by atoms with Gasteiger partial charge in [-0.25, -0.2) is 0 Å². The van der Waals surface area contributed by atoms with E-state index in [4.69, 9.17) is 39.9 Å². The molecule has 2 rings (SSSR count). The van der Waals surface area contributed by atoms with Gasteiger partial charge in [0.1, 0.15) is 0 Å². The van der Waals surface area contributed by atoms with Gasteiger partial charge in [-0.2, -0.15) is 0 Å². The average Bonchev–Trinajstić information content (AvgIpc) is 2.29. The van der Waals surface area contributed by atoms with E-state index in [2.05, 4.69) is 4.98 Å². The lowest BCUT2D eigenvalue weighted by Gasteiger charge is -2.11. The molecule has 20 heavy (non-hydrogen) atoms. The van der Waals surface area contributed by atoms with Gasteiger partial charge < -0.3 is 10.1 Å². The minimum Gasteiger partial charge on any atom is -0.481 e. The Morgan fingerprint density at radius 2 is 1.75 bits per heavy atom. The molecule has 0 atom stereocenters. The van der Waals surface area contributed by atoms with Crippen molar-refractivity contribution in [3.05, 3.63) is 55.4 Å². The van der Waals surface area contributed by atoms with Gasteiger partial charge in [0.2, 0.25) is 5.56 Å². The van der Waals surface area contributed by atoms with Crippen molar-refractivity contribution in [1.82, 2.24) is 4.98 Å². The lowest BCUT2D eigenvalue weighted by molar-refractivity contribution is -0.136. The molecule has 0 saturated carbocycles. The van der Waals surface area contributed by atoms with Crippen LogP contribution in [0.5, 0.6) is 0 Å². The highest BCUT2D eigenvalue weighted by molar-refractivity contribution is 6.41. The molecule has 0 amide bonds. The molecule has 0 aliphatic carbocycles. The van der Waals surface area contributed by atoms with Crippen LogP contribution in [0.4, 0.5) is 0 Å². The van der Waals surface area contributed by atoms with Crippen LogP contribution in [0, 0.1) is 0 Å². The second-order valence-corrected chi connectivity index (χ2v) is 5.28. The summed E-state index contributed by atoms with van der Waals surface area (Å²) >= 11 is 18.1. The topological polar surface area (TPSA) is 70.2 Å². The van der Waals surface area contributed by atoms with Crippen molar-refractivity contribution in [1.29, 1.82) is 0 Å². The van der Waals surface area contributed by atoms with Crippen LogP contribution in [-0.4, -0.2) is 16.1 Å². The van der Waals surface area contributed by atoms with Gasteiger partial charge in [0.05, 0.1) is 16.5 Å². The monoisotopic (exact) mass is 331 g/mol. The second kappa shape index (κ2) is 5.87. The third-order valence-corrected chi connectivity index (χ3v) is 3.42. The Labute approximate surface area is 128 Å². The Morgan fingerprint density at radius 1 is 1.15 bits per heavy atom. The molecule has 2 aromatic rings. The van der Waals surface area contributed by atoms with Crippen molar-refractivity contribution in [2.24, 2.45) is 0 Å². The molecule has 1 aromatic carbocycles. The number of halogens is 3. The van der Waals surface area contributed by atoms with Crippen LogP contribution in [-0.2, 0) is 11.2 Å². The third kappa shape index (κ3) is 3.15. The highest BCUT2D eigenvalue weighted by Crippen LogP contribution is 2.38. The number of carboxylic acids is 1. The molecular weight excluding hydrogens is 325 g/mol. The molecular formula is C13H8Cl3NO3. The summed E-state index contributed by atoms with van der Waals surface area (Å²) in [5.41, 5.74) is 0.728. The normalized spacial score (nSPS) is 10.6. The molecule has 7 heteroatoms. The smallest absolute Gasteiger partial charge is 0.309 e. The van der Waals surface area contributed by atoms with E-state index in [1.165, 1.54) is 24.3 Å². The minimum absolute atomic E-state index is 0.233. The van der Waals surface area contributed by atoms with Gasteiger partial charge in [-0.1, -0.05) is 34.8 Å². The molecule has 4 nitrogen and oxygen atoms in total. The number of aromatic nitrogens is 1. The summed E-state index contributed by atoms with van der Waals surface area (Å²) in [5, 5.41) is 9.83. The van der Waals surface area contributed by atoms with Crippen molar-refractivity contribution in [2.45, 2.75) is 6.42 Å². The predicted molar refractivity (Wildman–Crippen MR) is 78.9 cm³/mol. The Hall–Kier alpha value is -1.49. The number of hydrogen-bond acceptors (Lipinski definition) is 2. The number of benzene rings is 1. The summed E-state index contributed by atoms with van der Waals surface area (Å²) in [6.45, 7) is 0. The molecule has 0 aliphatic heterocycles. The van der Waals surface area contributed by atoms with Crippen molar-refractivity contribution >= 4 is 40.8 Å². The van der Waals surface area contributed by atoms with Gasteiger partial charge >= 0.3 is 5.97 Å². The zero-order chi connectivity index (χ0) is 14.9. The molecule has 0 saturated heterocycles. The highest BCUT2D eigenvalue weighted by Gasteiger charge is 2.16. The SMILES string of the molecule is O=C(O)Cc1[nH]c(=O)ccc1-c1c(Cl)cc(Cl)cc1Cl. The summed E-state index contributed by atoms with van der Waals surface area (Å²) < 4.78 is 0.